The van der Waals surface area contributed by atoms with Gasteiger partial charge in [-0.2, -0.15) is 0 Å². The topological polar surface area (TPSA) is 53.4 Å². The molecule has 0 aromatic carbocycles. The van der Waals surface area contributed by atoms with Crippen LogP contribution in [0, 0.1) is 5.92 Å². The van der Waals surface area contributed by atoms with Crippen molar-refractivity contribution in [2.45, 2.75) is 19.4 Å². The molecule has 1 saturated heterocycles. The Bertz CT molecular complexity index is 367. The molecule has 1 N–H and O–H groups in total. The molecule has 0 spiro atoms. The van der Waals surface area contributed by atoms with E-state index in [9.17, 15) is 9.90 Å². The molecule has 0 bridgehead atoms. The van der Waals surface area contributed by atoms with Gasteiger partial charge in [0.2, 0.25) is 5.91 Å². The number of aromatic nitrogens is 1. The van der Waals surface area contributed by atoms with Gasteiger partial charge in [0, 0.05) is 37.9 Å². The quantitative estimate of drug-likeness (QED) is 0.826. The summed E-state index contributed by atoms with van der Waals surface area (Å²) in [5, 5.41) is 9.33. The highest BCUT2D eigenvalue weighted by molar-refractivity contribution is 5.79. The average Bonchev–Trinajstić information content (AvgIpc) is 2.66. The van der Waals surface area contributed by atoms with Crippen molar-refractivity contribution in [2.75, 3.05) is 13.2 Å². The van der Waals surface area contributed by atoms with Crippen LogP contribution in [-0.2, 0) is 4.79 Å². The first-order valence-electron chi connectivity index (χ1n) is 5.58. The largest absolute Gasteiger partial charge is 0.396 e. The van der Waals surface area contributed by atoms with Crippen LogP contribution in [0.3, 0.4) is 0 Å². The summed E-state index contributed by atoms with van der Waals surface area (Å²) < 4.78 is 0. The van der Waals surface area contributed by atoms with Crippen molar-refractivity contribution < 1.29 is 9.90 Å². The number of hydrogen-bond donors (Lipinski definition) is 1. The molecular weight excluding hydrogens is 204 g/mol. The van der Waals surface area contributed by atoms with Crippen molar-refractivity contribution in [1.29, 1.82) is 0 Å². The monoisotopic (exact) mass is 220 g/mol. The number of aliphatic hydroxyl groups excluding tert-OH is 1. The van der Waals surface area contributed by atoms with Crippen molar-refractivity contribution >= 4 is 5.91 Å². The number of likely N-dealkylation sites (tertiary alicyclic amines) is 1. The Hall–Kier alpha value is -1.42. The van der Waals surface area contributed by atoms with E-state index in [4.69, 9.17) is 0 Å². The number of aliphatic hydroxyl groups is 1. The zero-order valence-corrected chi connectivity index (χ0v) is 9.34. The fraction of sp³-hybridized carbons (Fsp3) is 0.500. The molecule has 86 valence electrons. The SMILES string of the molecule is CCN1C(=O)C[C@@H](CO)[C@H]1c1cccnc1. The number of hydrogen-bond acceptors (Lipinski definition) is 3. The van der Waals surface area contributed by atoms with E-state index in [1.807, 2.05) is 24.0 Å². The van der Waals surface area contributed by atoms with Crippen LogP contribution in [0.25, 0.3) is 0 Å². The molecular formula is C12H16N2O2. The summed E-state index contributed by atoms with van der Waals surface area (Å²) in [6, 6.07) is 3.80. The summed E-state index contributed by atoms with van der Waals surface area (Å²) in [6.45, 7) is 2.68. The second-order valence-corrected chi connectivity index (χ2v) is 4.06. The van der Waals surface area contributed by atoms with Crippen LogP contribution >= 0.6 is 0 Å². The van der Waals surface area contributed by atoms with E-state index in [0.717, 1.165) is 5.56 Å². The molecule has 2 heterocycles. The van der Waals surface area contributed by atoms with Gasteiger partial charge in [-0.3, -0.25) is 9.78 Å². The molecule has 1 aliphatic rings. The van der Waals surface area contributed by atoms with Gasteiger partial charge in [-0.1, -0.05) is 6.07 Å². The Labute approximate surface area is 94.9 Å². The number of rotatable bonds is 3. The number of carbonyl (C=O) groups is 1. The first kappa shape index (κ1) is 11.1. The molecule has 1 aromatic heterocycles. The molecule has 0 radical (unpaired) electrons. The molecule has 0 saturated carbocycles. The lowest BCUT2D eigenvalue weighted by molar-refractivity contribution is -0.128. The van der Waals surface area contributed by atoms with Gasteiger partial charge in [-0.05, 0) is 18.6 Å². The summed E-state index contributed by atoms with van der Waals surface area (Å²) in [4.78, 5) is 17.6. The fourth-order valence-electron chi connectivity index (χ4n) is 2.40. The number of pyridine rings is 1. The second-order valence-electron chi connectivity index (χ2n) is 4.06. The van der Waals surface area contributed by atoms with E-state index in [-0.39, 0.29) is 24.5 Å². The van der Waals surface area contributed by atoms with E-state index in [1.54, 1.807) is 12.4 Å². The molecule has 2 rings (SSSR count). The Morgan fingerprint density at radius 3 is 3.00 bits per heavy atom. The maximum absolute atomic E-state index is 11.8. The van der Waals surface area contributed by atoms with Gasteiger partial charge in [-0.15, -0.1) is 0 Å². The summed E-state index contributed by atoms with van der Waals surface area (Å²) in [7, 11) is 0. The van der Waals surface area contributed by atoms with Gasteiger partial charge >= 0.3 is 0 Å². The van der Waals surface area contributed by atoms with Crippen LogP contribution < -0.4 is 0 Å². The van der Waals surface area contributed by atoms with Gasteiger partial charge < -0.3 is 10.0 Å². The minimum Gasteiger partial charge on any atom is -0.396 e. The molecule has 0 aliphatic carbocycles. The molecule has 2 atom stereocenters. The standard InChI is InChI=1S/C12H16N2O2/c1-2-14-11(16)6-10(8-15)12(14)9-4-3-5-13-7-9/h3-5,7,10,12,15H,2,6,8H2,1H3/t10-,12+/m0/s1. The summed E-state index contributed by atoms with van der Waals surface area (Å²) in [5.41, 5.74) is 1.01. The van der Waals surface area contributed by atoms with Crippen molar-refractivity contribution in [3.63, 3.8) is 0 Å². The van der Waals surface area contributed by atoms with Gasteiger partial charge in [0.25, 0.3) is 0 Å². The van der Waals surface area contributed by atoms with Gasteiger partial charge in [0.1, 0.15) is 0 Å². The lowest BCUT2D eigenvalue weighted by Gasteiger charge is -2.26. The average molecular weight is 220 g/mol. The van der Waals surface area contributed by atoms with Crippen molar-refractivity contribution in [1.82, 2.24) is 9.88 Å². The van der Waals surface area contributed by atoms with E-state index < -0.39 is 0 Å². The summed E-state index contributed by atoms with van der Waals surface area (Å²) in [6.07, 6.45) is 3.92. The van der Waals surface area contributed by atoms with Crippen molar-refractivity contribution in [3.05, 3.63) is 30.1 Å². The molecule has 4 heteroatoms. The smallest absolute Gasteiger partial charge is 0.223 e. The van der Waals surface area contributed by atoms with Gasteiger partial charge in [0.15, 0.2) is 0 Å². The molecule has 1 fully saturated rings. The van der Waals surface area contributed by atoms with Crippen LogP contribution in [0.2, 0.25) is 0 Å². The van der Waals surface area contributed by atoms with Crippen LogP contribution in [-0.4, -0.2) is 34.0 Å². The Balaban J connectivity index is 2.32. The molecule has 16 heavy (non-hydrogen) atoms. The third-order valence-electron chi connectivity index (χ3n) is 3.14. The van der Waals surface area contributed by atoms with E-state index in [1.165, 1.54) is 0 Å². The number of nitrogens with zero attached hydrogens (tertiary/aromatic N) is 2. The fourth-order valence-corrected chi connectivity index (χ4v) is 2.40. The predicted octanol–water partition coefficient (Wildman–Crippen LogP) is 0.983. The van der Waals surface area contributed by atoms with Crippen LogP contribution in [0.15, 0.2) is 24.5 Å². The van der Waals surface area contributed by atoms with Crippen LogP contribution in [0.1, 0.15) is 24.9 Å². The first-order chi connectivity index (χ1) is 7.77. The van der Waals surface area contributed by atoms with Crippen molar-refractivity contribution in [3.8, 4) is 0 Å². The Morgan fingerprint density at radius 2 is 2.44 bits per heavy atom. The first-order valence-corrected chi connectivity index (χ1v) is 5.58. The zero-order valence-electron chi connectivity index (χ0n) is 9.34. The Morgan fingerprint density at radius 1 is 1.62 bits per heavy atom. The third-order valence-corrected chi connectivity index (χ3v) is 3.14. The number of amides is 1. The third kappa shape index (κ3) is 1.80. The normalized spacial score (nSPS) is 25.1. The molecule has 1 aliphatic heterocycles. The van der Waals surface area contributed by atoms with Crippen molar-refractivity contribution in [2.24, 2.45) is 5.92 Å². The maximum atomic E-state index is 11.8. The van der Waals surface area contributed by atoms with E-state index >= 15 is 0 Å². The minimum absolute atomic E-state index is 0.00310. The highest BCUT2D eigenvalue weighted by Crippen LogP contribution is 2.36. The maximum Gasteiger partial charge on any atom is 0.223 e. The zero-order chi connectivity index (χ0) is 11.5. The van der Waals surface area contributed by atoms with Gasteiger partial charge in [-0.25, -0.2) is 0 Å². The molecule has 1 aromatic rings. The summed E-state index contributed by atoms with van der Waals surface area (Å²) in [5.74, 6) is 0.118. The highest BCUT2D eigenvalue weighted by atomic mass is 16.3. The molecule has 1 amide bonds. The molecule has 4 nitrogen and oxygen atoms in total. The summed E-state index contributed by atoms with van der Waals surface area (Å²) >= 11 is 0. The van der Waals surface area contributed by atoms with Gasteiger partial charge in [0.05, 0.1) is 6.04 Å². The highest BCUT2D eigenvalue weighted by Gasteiger charge is 2.39. The lowest BCUT2D eigenvalue weighted by Crippen LogP contribution is -2.29. The second kappa shape index (κ2) is 4.61. The predicted molar refractivity (Wildman–Crippen MR) is 59.6 cm³/mol. The molecule has 0 unspecified atom stereocenters. The Kier molecular flexibility index (Phi) is 3.19. The van der Waals surface area contributed by atoms with E-state index in [2.05, 4.69) is 4.98 Å². The minimum atomic E-state index is -0.0174. The lowest BCUT2D eigenvalue weighted by atomic mass is 9.95. The van der Waals surface area contributed by atoms with E-state index in [0.29, 0.717) is 13.0 Å². The number of carbonyl (C=O) groups excluding carboxylic acids is 1. The van der Waals surface area contributed by atoms with Crippen LogP contribution in [0.4, 0.5) is 0 Å². The van der Waals surface area contributed by atoms with Crippen LogP contribution in [0.5, 0.6) is 0 Å².